The minimum atomic E-state index is -3.48. The van der Waals surface area contributed by atoms with Gasteiger partial charge in [0.2, 0.25) is 5.95 Å². The Morgan fingerprint density at radius 1 is 1.31 bits per heavy atom. The Hall–Kier alpha value is -2.26. The van der Waals surface area contributed by atoms with E-state index in [2.05, 4.69) is 9.97 Å². The molecule has 3 rings (SSSR count). The molecule has 1 aliphatic rings. The maximum Gasteiger partial charge on any atom is 0.222 e. The van der Waals surface area contributed by atoms with Crippen LogP contribution in [0.5, 0.6) is 0 Å². The van der Waals surface area contributed by atoms with Crippen molar-refractivity contribution in [3.8, 4) is 0 Å². The van der Waals surface area contributed by atoms with Crippen LogP contribution in [0.15, 0.2) is 29.2 Å². The fourth-order valence-corrected chi connectivity index (χ4v) is 3.67. The van der Waals surface area contributed by atoms with Crippen molar-refractivity contribution >= 4 is 21.6 Å². The van der Waals surface area contributed by atoms with Gasteiger partial charge in [-0.1, -0.05) is 6.07 Å². The number of nitrogens with zero attached hydrogens (tertiary/aromatic N) is 3. The topological polar surface area (TPSA) is 98.4 Å². The van der Waals surface area contributed by atoms with Gasteiger partial charge in [0.1, 0.15) is 11.6 Å². The number of sulfone groups is 1. The van der Waals surface area contributed by atoms with Crippen LogP contribution in [0, 0.1) is 12.7 Å². The molecule has 2 aromatic rings. The summed E-state index contributed by atoms with van der Waals surface area (Å²) in [5, 5.41) is 0. The van der Waals surface area contributed by atoms with Gasteiger partial charge in [0.25, 0.3) is 0 Å². The van der Waals surface area contributed by atoms with Crippen LogP contribution in [0.3, 0.4) is 0 Å². The standard InChI is InChI=1S/C17H21FN4O3S/c1-11-8-16(21-17(19)20-11)22-6-3-7-25-10-15(22)13-5-4-12(9-14(13)18)26(2,23)24/h4-5,8-9,15H,3,6-7,10H2,1-2H3,(H2,19,20,21). The number of rotatable bonds is 3. The summed E-state index contributed by atoms with van der Waals surface area (Å²) in [4.78, 5) is 10.2. The lowest BCUT2D eigenvalue weighted by Crippen LogP contribution is -2.32. The van der Waals surface area contributed by atoms with Crippen molar-refractivity contribution < 1.29 is 17.5 Å². The maximum absolute atomic E-state index is 14.7. The molecule has 2 N–H and O–H groups in total. The summed E-state index contributed by atoms with van der Waals surface area (Å²) in [7, 11) is -3.48. The van der Waals surface area contributed by atoms with E-state index in [9.17, 15) is 12.8 Å². The van der Waals surface area contributed by atoms with Crippen LogP contribution < -0.4 is 10.6 Å². The summed E-state index contributed by atoms with van der Waals surface area (Å²) in [6.07, 6.45) is 1.80. The van der Waals surface area contributed by atoms with Crippen LogP contribution in [0.25, 0.3) is 0 Å². The number of hydrogen-bond acceptors (Lipinski definition) is 7. The first kappa shape index (κ1) is 18.5. The molecule has 2 heterocycles. The molecule has 7 nitrogen and oxygen atoms in total. The van der Waals surface area contributed by atoms with E-state index >= 15 is 0 Å². The Balaban J connectivity index is 2.05. The molecule has 0 radical (unpaired) electrons. The predicted octanol–water partition coefficient (Wildman–Crippen LogP) is 1.88. The molecule has 0 spiro atoms. The highest BCUT2D eigenvalue weighted by Gasteiger charge is 2.28. The van der Waals surface area contributed by atoms with Gasteiger partial charge in [0.15, 0.2) is 9.84 Å². The SMILES string of the molecule is Cc1cc(N2CCCOCC2c2ccc(S(C)(=O)=O)cc2F)nc(N)n1. The lowest BCUT2D eigenvalue weighted by atomic mass is 10.0. The normalized spacial score (nSPS) is 18.6. The summed E-state index contributed by atoms with van der Waals surface area (Å²) >= 11 is 0. The molecular formula is C17H21FN4O3S. The molecule has 1 unspecified atom stereocenters. The van der Waals surface area contributed by atoms with Crippen molar-refractivity contribution in [2.75, 3.05) is 36.6 Å². The maximum atomic E-state index is 14.7. The van der Waals surface area contributed by atoms with E-state index in [0.717, 1.165) is 18.7 Å². The third kappa shape index (κ3) is 3.94. The van der Waals surface area contributed by atoms with Gasteiger partial charge in [0.05, 0.1) is 17.5 Å². The molecule has 9 heteroatoms. The lowest BCUT2D eigenvalue weighted by Gasteiger charge is -2.31. The number of nitrogen functional groups attached to an aromatic ring is 1. The molecule has 1 aromatic heterocycles. The zero-order chi connectivity index (χ0) is 18.9. The average molecular weight is 380 g/mol. The van der Waals surface area contributed by atoms with Gasteiger partial charge in [-0.05, 0) is 25.5 Å². The van der Waals surface area contributed by atoms with Crippen LogP contribution in [0.4, 0.5) is 16.2 Å². The first-order chi connectivity index (χ1) is 12.3. The van der Waals surface area contributed by atoms with Crippen LogP contribution in [0.1, 0.15) is 23.7 Å². The van der Waals surface area contributed by atoms with Crippen LogP contribution >= 0.6 is 0 Å². The number of halogens is 1. The molecule has 1 aromatic carbocycles. The van der Waals surface area contributed by atoms with Gasteiger partial charge in [-0.15, -0.1) is 0 Å². The summed E-state index contributed by atoms with van der Waals surface area (Å²) < 4.78 is 43.7. The first-order valence-corrected chi connectivity index (χ1v) is 10.1. The quantitative estimate of drug-likeness (QED) is 0.868. The van der Waals surface area contributed by atoms with Gasteiger partial charge in [-0.25, -0.2) is 17.8 Å². The van der Waals surface area contributed by atoms with Crippen LogP contribution in [-0.2, 0) is 14.6 Å². The first-order valence-electron chi connectivity index (χ1n) is 8.21. The Morgan fingerprint density at radius 2 is 2.08 bits per heavy atom. The molecule has 1 atom stereocenters. The van der Waals surface area contributed by atoms with E-state index in [0.29, 0.717) is 30.2 Å². The Kier molecular flexibility index (Phi) is 5.10. The molecule has 26 heavy (non-hydrogen) atoms. The Morgan fingerprint density at radius 3 is 2.73 bits per heavy atom. The Labute approximate surface area is 151 Å². The number of aryl methyl sites for hydroxylation is 1. The van der Waals surface area contributed by atoms with E-state index in [1.807, 2.05) is 11.8 Å². The predicted molar refractivity (Wildman–Crippen MR) is 96.2 cm³/mol. The lowest BCUT2D eigenvalue weighted by molar-refractivity contribution is 0.133. The molecule has 1 saturated heterocycles. The van der Waals surface area contributed by atoms with E-state index in [1.165, 1.54) is 12.1 Å². The van der Waals surface area contributed by atoms with Crippen molar-refractivity contribution in [2.45, 2.75) is 24.3 Å². The highest BCUT2D eigenvalue weighted by molar-refractivity contribution is 7.90. The second kappa shape index (κ2) is 7.16. The van der Waals surface area contributed by atoms with E-state index in [-0.39, 0.29) is 17.5 Å². The van der Waals surface area contributed by atoms with Crippen molar-refractivity contribution in [3.63, 3.8) is 0 Å². The van der Waals surface area contributed by atoms with Crippen LogP contribution in [-0.4, -0.2) is 44.4 Å². The highest BCUT2D eigenvalue weighted by atomic mass is 32.2. The zero-order valence-electron chi connectivity index (χ0n) is 14.6. The monoisotopic (exact) mass is 380 g/mol. The second-order valence-corrected chi connectivity index (χ2v) is 8.33. The van der Waals surface area contributed by atoms with Gasteiger partial charge in [-0.3, -0.25) is 0 Å². The number of nitrogens with two attached hydrogens (primary N) is 1. The van der Waals surface area contributed by atoms with E-state index < -0.39 is 21.7 Å². The summed E-state index contributed by atoms with van der Waals surface area (Å²) in [6.45, 7) is 3.23. The molecule has 1 fully saturated rings. The molecular weight excluding hydrogens is 359 g/mol. The van der Waals surface area contributed by atoms with Gasteiger partial charge in [-0.2, -0.15) is 4.98 Å². The molecule has 0 amide bonds. The van der Waals surface area contributed by atoms with Crippen molar-refractivity contribution in [2.24, 2.45) is 0 Å². The third-order valence-corrected chi connectivity index (χ3v) is 5.36. The molecule has 140 valence electrons. The molecule has 0 saturated carbocycles. The number of ether oxygens (including phenoxy) is 1. The van der Waals surface area contributed by atoms with Crippen molar-refractivity contribution in [1.29, 1.82) is 0 Å². The van der Waals surface area contributed by atoms with Gasteiger partial charge in [0, 0.05) is 36.7 Å². The second-order valence-electron chi connectivity index (χ2n) is 6.32. The summed E-state index contributed by atoms with van der Waals surface area (Å²) in [5.41, 5.74) is 6.83. The van der Waals surface area contributed by atoms with Gasteiger partial charge >= 0.3 is 0 Å². The fraction of sp³-hybridized carbons (Fsp3) is 0.412. The largest absolute Gasteiger partial charge is 0.379 e. The minimum Gasteiger partial charge on any atom is -0.379 e. The summed E-state index contributed by atoms with van der Waals surface area (Å²) in [6, 6.07) is 5.30. The number of benzene rings is 1. The third-order valence-electron chi connectivity index (χ3n) is 4.25. The number of hydrogen-bond donors (Lipinski definition) is 1. The highest BCUT2D eigenvalue weighted by Crippen LogP contribution is 2.31. The number of aromatic nitrogens is 2. The van der Waals surface area contributed by atoms with Gasteiger partial charge < -0.3 is 15.4 Å². The van der Waals surface area contributed by atoms with Crippen molar-refractivity contribution in [1.82, 2.24) is 9.97 Å². The van der Waals surface area contributed by atoms with Crippen LogP contribution in [0.2, 0.25) is 0 Å². The average Bonchev–Trinajstić information content (AvgIpc) is 2.78. The fourth-order valence-electron chi connectivity index (χ4n) is 3.04. The van der Waals surface area contributed by atoms with Crippen molar-refractivity contribution in [3.05, 3.63) is 41.3 Å². The molecule has 0 bridgehead atoms. The zero-order valence-corrected chi connectivity index (χ0v) is 15.5. The summed E-state index contributed by atoms with van der Waals surface area (Å²) in [5.74, 6) is 0.154. The molecule has 1 aliphatic heterocycles. The number of anilines is 2. The van der Waals surface area contributed by atoms with E-state index in [1.54, 1.807) is 6.07 Å². The van der Waals surface area contributed by atoms with E-state index in [4.69, 9.17) is 10.5 Å². The molecule has 0 aliphatic carbocycles. The Bertz CT molecular complexity index is 900. The smallest absolute Gasteiger partial charge is 0.222 e. The minimum absolute atomic E-state index is 0.0537.